The van der Waals surface area contributed by atoms with Gasteiger partial charge in [-0.3, -0.25) is 4.98 Å². The van der Waals surface area contributed by atoms with Crippen molar-refractivity contribution in [1.29, 1.82) is 0 Å². The van der Waals surface area contributed by atoms with Crippen molar-refractivity contribution in [2.24, 2.45) is 0 Å². The average molecular weight is 254 g/mol. The van der Waals surface area contributed by atoms with Gasteiger partial charge < -0.3 is 10.1 Å². The van der Waals surface area contributed by atoms with Crippen molar-refractivity contribution in [2.75, 3.05) is 6.61 Å². The Morgan fingerprint density at radius 1 is 1.26 bits per heavy atom. The fraction of sp³-hybridized carbons (Fsp3) is 0.312. The monoisotopic (exact) mass is 254 g/mol. The predicted octanol–water partition coefficient (Wildman–Crippen LogP) is 2.87. The van der Waals surface area contributed by atoms with Gasteiger partial charge in [-0.1, -0.05) is 12.1 Å². The largest absolute Gasteiger partial charge is 0.493 e. The van der Waals surface area contributed by atoms with Crippen LogP contribution >= 0.6 is 0 Å². The molecule has 0 fully saturated rings. The van der Waals surface area contributed by atoms with E-state index in [4.69, 9.17) is 4.74 Å². The molecule has 0 amide bonds. The molecule has 0 bridgehead atoms. The van der Waals surface area contributed by atoms with E-state index < -0.39 is 0 Å². The number of fused-ring (bicyclic) bond motifs is 1. The van der Waals surface area contributed by atoms with E-state index in [2.05, 4.69) is 35.4 Å². The van der Waals surface area contributed by atoms with Crippen molar-refractivity contribution in [1.82, 2.24) is 10.3 Å². The van der Waals surface area contributed by atoms with Crippen LogP contribution in [0.4, 0.5) is 0 Å². The number of nitrogens with zero attached hydrogens (tertiary/aromatic N) is 1. The van der Waals surface area contributed by atoms with Crippen molar-refractivity contribution >= 4 is 0 Å². The first kappa shape index (κ1) is 12.2. The molecule has 0 radical (unpaired) electrons. The second-order valence-electron chi connectivity index (χ2n) is 4.92. The van der Waals surface area contributed by atoms with Crippen LogP contribution in [0.5, 0.6) is 5.75 Å². The number of hydrogen-bond donors (Lipinski definition) is 1. The van der Waals surface area contributed by atoms with Gasteiger partial charge in [-0.25, -0.2) is 0 Å². The van der Waals surface area contributed by atoms with Gasteiger partial charge in [0.05, 0.1) is 6.61 Å². The minimum absolute atomic E-state index is 0.326. The lowest BCUT2D eigenvalue weighted by Crippen LogP contribution is -2.18. The zero-order valence-electron chi connectivity index (χ0n) is 11.1. The summed E-state index contributed by atoms with van der Waals surface area (Å²) in [7, 11) is 0. The Hall–Kier alpha value is -1.87. The van der Waals surface area contributed by atoms with Gasteiger partial charge in [0, 0.05) is 31.4 Å². The number of pyridine rings is 1. The van der Waals surface area contributed by atoms with Gasteiger partial charge in [0.15, 0.2) is 0 Å². The zero-order valence-corrected chi connectivity index (χ0v) is 11.1. The normalized spacial score (nSPS) is 14.8. The molecule has 98 valence electrons. The Bertz CT molecular complexity index is 554. The number of aromatic nitrogens is 1. The highest BCUT2D eigenvalue weighted by atomic mass is 16.5. The molecule has 0 aliphatic carbocycles. The zero-order chi connectivity index (χ0) is 13.1. The van der Waals surface area contributed by atoms with Crippen molar-refractivity contribution in [3.8, 4) is 5.75 Å². The highest BCUT2D eigenvalue weighted by Crippen LogP contribution is 2.26. The van der Waals surface area contributed by atoms with Crippen molar-refractivity contribution < 1.29 is 4.74 Å². The maximum absolute atomic E-state index is 5.52. The smallest absolute Gasteiger partial charge is 0.122 e. The van der Waals surface area contributed by atoms with Gasteiger partial charge in [-0.05, 0) is 41.8 Å². The maximum Gasteiger partial charge on any atom is 0.122 e. The topological polar surface area (TPSA) is 34.1 Å². The molecule has 1 aromatic heterocycles. The van der Waals surface area contributed by atoms with Gasteiger partial charge in [0.1, 0.15) is 5.75 Å². The van der Waals surface area contributed by atoms with Crippen LogP contribution in [0.3, 0.4) is 0 Å². The first-order valence-electron chi connectivity index (χ1n) is 6.71. The second-order valence-corrected chi connectivity index (χ2v) is 4.92. The Kier molecular flexibility index (Phi) is 3.47. The third-order valence-corrected chi connectivity index (χ3v) is 3.57. The second kappa shape index (κ2) is 5.41. The summed E-state index contributed by atoms with van der Waals surface area (Å²) in [4.78, 5) is 4.04. The minimum Gasteiger partial charge on any atom is -0.493 e. The van der Waals surface area contributed by atoms with E-state index in [0.29, 0.717) is 6.04 Å². The van der Waals surface area contributed by atoms with Crippen LogP contribution in [0.2, 0.25) is 0 Å². The molecule has 0 spiro atoms. The minimum atomic E-state index is 0.326. The fourth-order valence-electron chi connectivity index (χ4n) is 2.39. The van der Waals surface area contributed by atoms with Crippen LogP contribution in [0, 0.1) is 0 Å². The molecule has 3 heteroatoms. The van der Waals surface area contributed by atoms with E-state index in [1.165, 1.54) is 16.7 Å². The molecule has 0 unspecified atom stereocenters. The summed E-state index contributed by atoms with van der Waals surface area (Å²) in [6.07, 6.45) is 4.70. The Morgan fingerprint density at radius 3 is 2.95 bits per heavy atom. The molecule has 0 saturated heterocycles. The van der Waals surface area contributed by atoms with E-state index in [-0.39, 0.29) is 0 Å². The molecule has 2 aromatic rings. The molecule has 1 aromatic carbocycles. The van der Waals surface area contributed by atoms with E-state index in [0.717, 1.165) is 25.3 Å². The quantitative estimate of drug-likeness (QED) is 0.911. The Morgan fingerprint density at radius 2 is 2.11 bits per heavy atom. The summed E-state index contributed by atoms with van der Waals surface area (Å²) in [5.74, 6) is 1.05. The first-order valence-corrected chi connectivity index (χ1v) is 6.71. The molecule has 1 aliphatic rings. The van der Waals surface area contributed by atoms with E-state index in [1.54, 1.807) is 0 Å². The third kappa shape index (κ3) is 2.76. The number of benzene rings is 1. The summed E-state index contributed by atoms with van der Waals surface area (Å²) >= 11 is 0. The average Bonchev–Trinajstić information content (AvgIpc) is 2.93. The van der Waals surface area contributed by atoms with Crippen LogP contribution in [0.25, 0.3) is 0 Å². The lowest BCUT2D eigenvalue weighted by atomic mass is 10.1. The molecule has 3 nitrogen and oxygen atoms in total. The van der Waals surface area contributed by atoms with Gasteiger partial charge in [0.25, 0.3) is 0 Å². The van der Waals surface area contributed by atoms with Crippen LogP contribution in [-0.2, 0) is 13.0 Å². The lowest BCUT2D eigenvalue weighted by Gasteiger charge is -2.14. The highest BCUT2D eigenvalue weighted by Gasteiger charge is 2.12. The predicted molar refractivity (Wildman–Crippen MR) is 75.1 cm³/mol. The molecular formula is C16H18N2O. The van der Waals surface area contributed by atoms with Gasteiger partial charge in [-0.15, -0.1) is 0 Å². The van der Waals surface area contributed by atoms with Gasteiger partial charge in [-0.2, -0.15) is 0 Å². The molecular weight excluding hydrogens is 236 g/mol. The number of rotatable bonds is 4. The van der Waals surface area contributed by atoms with Gasteiger partial charge >= 0.3 is 0 Å². The van der Waals surface area contributed by atoms with Crippen molar-refractivity contribution in [3.05, 3.63) is 59.4 Å². The molecule has 3 rings (SSSR count). The van der Waals surface area contributed by atoms with E-state index in [9.17, 15) is 0 Å². The van der Waals surface area contributed by atoms with Crippen molar-refractivity contribution in [3.63, 3.8) is 0 Å². The van der Waals surface area contributed by atoms with Crippen molar-refractivity contribution in [2.45, 2.75) is 25.9 Å². The molecule has 2 heterocycles. The lowest BCUT2D eigenvalue weighted by molar-refractivity contribution is 0.357. The van der Waals surface area contributed by atoms with Crippen LogP contribution in [0.1, 0.15) is 29.7 Å². The summed E-state index contributed by atoms with van der Waals surface area (Å²) in [6, 6.07) is 10.9. The van der Waals surface area contributed by atoms with Crippen LogP contribution < -0.4 is 10.1 Å². The summed E-state index contributed by atoms with van der Waals surface area (Å²) in [5.41, 5.74) is 3.90. The van der Waals surface area contributed by atoms with Crippen LogP contribution in [0.15, 0.2) is 42.7 Å². The maximum atomic E-state index is 5.52. The summed E-state index contributed by atoms with van der Waals surface area (Å²) < 4.78 is 5.52. The van der Waals surface area contributed by atoms with E-state index >= 15 is 0 Å². The third-order valence-electron chi connectivity index (χ3n) is 3.57. The highest BCUT2D eigenvalue weighted by molar-refractivity contribution is 5.39. The van der Waals surface area contributed by atoms with Crippen LogP contribution in [-0.4, -0.2) is 11.6 Å². The molecule has 0 saturated carbocycles. The fourth-order valence-corrected chi connectivity index (χ4v) is 2.39. The summed E-state index contributed by atoms with van der Waals surface area (Å²) in [5, 5.41) is 3.54. The Labute approximate surface area is 113 Å². The number of nitrogens with one attached hydrogen (secondary N) is 1. The standard InChI is InChI=1S/C16H18N2O/c1-12(14-4-7-17-8-5-14)18-11-13-2-3-16-15(10-13)6-9-19-16/h2-5,7-8,10,12,18H,6,9,11H2,1H3/t12-/m1/s1. The van der Waals surface area contributed by atoms with E-state index in [1.807, 2.05) is 24.5 Å². The molecule has 19 heavy (non-hydrogen) atoms. The first-order chi connectivity index (χ1) is 9.33. The molecule has 1 N–H and O–H groups in total. The van der Waals surface area contributed by atoms with Gasteiger partial charge in [0.2, 0.25) is 0 Å². The SMILES string of the molecule is C[C@@H](NCc1ccc2c(c1)CCO2)c1ccncc1. The Balaban J connectivity index is 1.63. The number of hydrogen-bond acceptors (Lipinski definition) is 3. The molecule has 1 atom stereocenters. The number of ether oxygens (including phenoxy) is 1. The molecule has 1 aliphatic heterocycles. The summed E-state index contributed by atoms with van der Waals surface area (Å²) in [6.45, 7) is 3.86.